The summed E-state index contributed by atoms with van der Waals surface area (Å²) < 4.78 is 39.6. The molecule has 1 heterocycles. The Morgan fingerprint density at radius 3 is 2.47 bits per heavy atom. The molecule has 1 aromatic carbocycles. The highest BCUT2D eigenvalue weighted by molar-refractivity contribution is 6.08. The molecule has 3 rings (SSSR count). The number of amides is 1. The number of carbonyl (C=O) groups is 2. The minimum absolute atomic E-state index is 0.0285. The molecule has 174 valence electrons. The third kappa shape index (κ3) is 4.89. The van der Waals surface area contributed by atoms with Gasteiger partial charge in [0.25, 0.3) is 0 Å². The molecular formula is C22H27F3N4O3. The van der Waals surface area contributed by atoms with Crippen LogP contribution in [0, 0.1) is 12.8 Å². The number of allylic oxidation sites excluding steroid dienone is 1. The lowest BCUT2D eigenvalue weighted by Gasteiger charge is -2.37. The van der Waals surface area contributed by atoms with Crippen LogP contribution >= 0.6 is 0 Å². The normalized spacial score (nSPS) is 22.4. The van der Waals surface area contributed by atoms with E-state index in [0.717, 1.165) is 12.5 Å². The standard InChI is InChI=1S/C22H27F3N4O3/c1-13-6-7-16(19(13)20(26)21(31)32)27-12-18(30)29-10-8-28(9-11-29)17-5-3-4-15(14(17)2)22(23,24)25/h3-5,13H,6-12,26H2,1-2H3,(H,31,32)/b20-19-,27-16?. The molecule has 2 aliphatic rings. The number of carboxylic acid groups (broad SMARTS) is 1. The van der Waals surface area contributed by atoms with Crippen molar-refractivity contribution in [1.29, 1.82) is 0 Å². The molecule has 0 bridgehead atoms. The number of rotatable bonds is 4. The zero-order chi connectivity index (χ0) is 23.6. The topological polar surface area (TPSA) is 99.2 Å². The summed E-state index contributed by atoms with van der Waals surface area (Å²) in [6.45, 7) is 4.80. The van der Waals surface area contributed by atoms with Crippen LogP contribution in [0.1, 0.15) is 30.9 Å². The number of carboxylic acids is 1. The van der Waals surface area contributed by atoms with Crippen molar-refractivity contribution in [1.82, 2.24) is 4.90 Å². The van der Waals surface area contributed by atoms with E-state index in [2.05, 4.69) is 4.99 Å². The van der Waals surface area contributed by atoms with E-state index in [1.54, 1.807) is 11.0 Å². The SMILES string of the molecule is Cc1c(N2CCN(C(=O)CN=C3CCC(C)/C3=C(/N)C(=O)O)CC2)cccc1C(F)(F)F. The number of alkyl halides is 3. The predicted octanol–water partition coefficient (Wildman–Crippen LogP) is 2.83. The first-order valence-electron chi connectivity index (χ1n) is 10.5. The van der Waals surface area contributed by atoms with Crippen LogP contribution in [0.2, 0.25) is 0 Å². The number of piperazine rings is 1. The van der Waals surface area contributed by atoms with Crippen molar-refractivity contribution in [3.63, 3.8) is 0 Å². The molecule has 1 saturated heterocycles. The second-order valence-corrected chi connectivity index (χ2v) is 8.15. The summed E-state index contributed by atoms with van der Waals surface area (Å²) >= 11 is 0. The van der Waals surface area contributed by atoms with E-state index in [4.69, 9.17) is 5.73 Å². The first-order chi connectivity index (χ1) is 15.0. The summed E-state index contributed by atoms with van der Waals surface area (Å²) in [7, 11) is 0. The van der Waals surface area contributed by atoms with Crippen LogP contribution in [0.5, 0.6) is 0 Å². The van der Waals surface area contributed by atoms with Crippen LogP contribution in [0.4, 0.5) is 18.9 Å². The summed E-state index contributed by atoms with van der Waals surface area (Å²) in [5, 5.41) is 9.18. The summed E-state index contributed by atoms with van der Waals surface area (Å²) in [5.74, 6) is -1.43. The molecule has 3 N–H and O–H groups in total. The summed E-state index contributed by atoms with van der Waals surface area (Å²) in [6.07, 6.45) is -3.11. The monoisotopic (exact) mass is 452 g/mol. The van der Waals surface area contributed by atoms with Crippen LogP contribution in [0.3, 0.4) is 0 Å². The number of anilines is 1. The van der Waals surface area contributed by atoms with Gasteiger partial charge < -0.3 is 20.6 Å². The van der Waals surface area contributed by atoms with E-state index >= 15 is 0 Å². The van der Waals surface area contributed by atoms with Gasteiger partial charge >= 0.3 is 12.1 Å². The van der Waals surface area contributed by atoms with E-state index in [1.165, 1.54) is 13.0 Å². The Hall–Kier alpha value is -3.04. The lowest BCUT2D eigenvalue weighted by Crippen LogP contribution is -2.49. The van der Waals surface area contributed by atoms with Gasteiger partial charge in [0, 0.05) is 43.2 Å². The first kappa shape index (κ1) is 23.6. The fourth-order valence-corrected chi connectivity index (χ4v) is 4.35. The minimum atomic E-state index is -4.41. The molecule has 32 heavy (non-hydrogen) atoms. The maximum Gasteiger partial charge on any atom is 0.416 e. The lowest BCUT2D eigenvalue weighted by molar-refractivity contribution is -0.138. The zero-order valence-corrected chi connectivity index (χ0v) is 18.1. The first-order valence-corrected chi connectivity index (χ1v) is 10.5. The largest absolute Gasteiger partial charge is 0.477 e. The van der Waals surface area contributed by atoms with Gasteiger partial charge in [-0.15, -0.1) is 0 Å². The Labute approximate surface area is 184 Å². The van der Waals surface area contributed by atoms with Gasteiger partial charge in [0.1, 0.15) is 12.2 Å². The Kier molecular flexibility index (Phi) is 6.80. The van der Waals surface area contributed by atoms with Gasteiger partial charge in [-0.1, -0.05) is 13.0 Å². The molecule has 0 spiro atoms. The number of aliphatic carboxylic acids is 1. The third-order valence-corrected chi connectivity index (χ3v) is 6.13. The summed E-state index contributed by atoms with van der Waals surface area (Å²) in [4.78, 5) is 31.7. The maximum absolute atomic E-state index is 13.2. The van der Waals surface area contributed by atoms with Gasteiger partial charge in [-0.25, -0.2) is 4.79 Å². The number of benzene rings is 1. The quantitative estimate of drug-likeness (QED) is 0.685. The second kappa shape index (κ2) is 9.22. The van der Waals surface area contributed by atoms with Gasteiger partial charge in [0.05, 0.1) is 5.56 Å². The van der Waals surface area contributed by atoms with E-state index in [0.29, 0.717) is 49.6 Å². The third-order valence-electron chi connectivity index (χ3n) is 6.13. The number of hydrogen-bond acceptors (Lipinski definition) is 5. The smallest absolute Gasteiger partial charge is 0.416 e. The molecule has 2 fully saturated rings. The molecule has 1 aromatic rings. The molecule has 1 saturated carbocycles. The Morgan fingerprint density at radius 2 is 1.88 bits per heavy atom. The molecule has 0 radical (unpaired) electrons. The zero-order valence-electron chi connectivity index (χ0n) is 18.1. The predicted molar refractivity (Wildman–Crippen MR) is 115 cm³/mol. The Bertz CT molecular complexity index is 964. The van der Waals surface area contributed by atoms with Gasteiger partial charge in [-0.3, -0.25) is 9.79 Å². The van der Waals surface area contributed by atoms with E-state index in [9.17, 15) is 27.9 Å². The van der Waals surface area contributed by atoms with E-state index in [1.807, 2.05) is 11.8 Å². The lowest BCUT2D eigenvalue weighted by atomic mass is 10.0. The van der Waals surface area contributed by atoms with Gasteiger partial charge in [0.15, 0.2) is 0 Å². The average molecular weight is 452 g/mol. The van der Waals surface area contributed by atoms with Crippen LogP contribution < -0.4 is 10.6 Å². The summed E-state index contributed by atoms with van der Waals surface area (Å²) in [5.41, 5.74) is 6.57. The van der Waals surface area contributed by atoms with Crippen molar-refractivity contribution < 1.29 is 27.9 Å². The number of hydrogen-bond donors (Lipinski definition) is 2. The van der Waals surface area contributed by atoms with Crippen molar-refractivity contribution in [2.24, 2.45) is 16.6 Å². The average Bonchev–Trinajstić information content (AvgIpc) is 3.11. The molecule has 1 unspecified atom stereocenters. The van der Waals surface area contributed by atoms with E-state index in [-0.39, 0.29) is 29.6 Å². The van der Waals surface area contributed by atoms with Crippen LogP contribution in [0.15, 0.2) is 34.5 Å². The number of halogens is 3. The van der Waals surface area contributed by atoms with Gasteiger partial charge in [-0.2, -0.15) is 13.2 Å². The number of aliphatic imine (C=N–C) groups is 1. The fraction of sp³-hybridized carbons (Fsp3) is 0.500. The molecule has 1 aliphatic heterocycles. The highest BCUT2D eigenvalue weighted by Gasteiger charge is 2.34. The number of nitrogens with two attached hydrogens (primary N) is 1. The number of nitrogens with zero attached hydrogens (tertiary/aromatic N) is 3. The van der Waals surface area contributed by atoms with E-state index < -0.39 is 17.7 Å². The van der Waals surface area contributed by atoms with Crippen molar-refractivity contribution in [3.8, 4) is 0 Å². The maximum atomic E-state index is 13.2. The highest BCUT2D eigenvalue weighted by atomic mass is 19.4. The van der Waals surface area contributed by atoms with Crippen LogP contribution in [0.25, 0.3) is 0 Å². The second-order valence-electron chi connectivity index (χ2n) is 8.15. The molecule has 1 amide bonds. The molecule has 1 atom stereocenters. The van der Waals surface area contributed by atoms with Crippen LogP contribution in [-0.2, 0) is 15.8 Å². The molecule has 10 heteroatoms. The molecule has 1 aliphatic carbocycles. The van der Waals surface area contributed by atoms with Gasteiger partial charge in [0.2, 0.25) is 5.91 Å². The molecule has 0 aromatic heterocycles. The van der Waals surface area contributed by atoms with Crippen molar-refractivity contribution in [2.75, 3.05) is 37.6 Å². The Morgan fingerprint density at radius 1 is 1.22 bits per heavy atom. The molecular weight excluding hydrogens is 425 g/mol. The van der Waals surface area contributed by atoms with Crippen molar-refractivity contribution in [3.05, 3.63) is 40.6 Å². The number of carbonyl (C=O) groups excluding carboxylic acids is 1. The van der Waals surface area contributed by atoms with Crippen molar-refractivity contribution in [2.45, 2.75) is 32.9 Å². The minimum Gasteiger partial charge on any atom is -0.477 e. The fourth-order valence-electron chi connectivity index (χ4n) is 4.35. The van der Waals surface area contributed by atoms with Crippen molar-refractivity contribution >= 4 is 23.3 Å². The van der Waals surface area contributed by atoms with Gasteiger partial charge in [-0.05, 0) is 43.4 Å². The van der Waals surface area contributed by atoms with Crippen LogP contribution in [-0.4, -0.2) is 60.3 Å². The summed E-state index contributed by atoms with van der Waals surface area (Å²) in [6, 6.07) is 4.13. The molecule has 7 nitrogen and oxygen atoms in total. The highest BCUT2D eigenvalue weighted by Crippen LogP contribution is 2.36. The Balaban J connectivity index is 1.64.